The molecule has 104 valence electrons. The molecule has 6 nitrogen and oxygen atoms in total. The van der Waals surface area contributed by atoms with Crippen LogP contribution in [0.3, 0.4) is 0 Å². The van der Waals surface area contributed by atoms with Crippen LogP contribution in [0.4, 0.5) is 11.4 Å². The monoisotopic (exact) mass is 377 g/mol. The Kier molecular flexibility index (Phi) is 6.00. The van der Waals surface area contributed by atoms with E-state index >= 15 is 0 Å². The molecule has 0 spiro atoms. The molecule has 0 unspecified atom stereocenters. The van der Waals surface area contributed by atoms with E-state index in [0.29, 0.717) is 16.7 Å². The van der Waals surface area contributed by atoms with Crippen LogP contribution < -0.4 is 10.2 Å². The lowest BCUT2D eigenvalue weighted by Crippen LogP contribution is -2.37. The Labute approximate surface area is 125 Å². The van der Waals surface area contributed by atoms with E-state index in [-0.39, 0.29) is 18.1 Å². The van der Waals surface area contributed by atoms with Crippen molar-refractivity contribution in [3.05, 3.63) is 31.9 Å². The lowest BCUT2D eigenvalue weighted by Gasteiger charge is -2.22. The number of carbonyl (C=O) groups excluding carboxylic acids is 1. The fourth-order valence-electron chi connectivity index (χ4n) is 1.65. The van der Waals surface area contributed by atoms with E-state index in [1.165, 1.54) is 6.07 Å². The number of nitro benzene ring substituents is 1. The Morgan fingerprint density at radius 3 is 2.63 bits per heavy atom. The number of likely N-dealkylation sites (N-methyl/N-ethyl adjacent to an activating group) is 2. The van der Waals surface area contributed by atoms with E-state index in [9.17, 15) is 14.9 Å². The molecular formula is C12H16IN3O3. The van der Waals surface area contributed by atoms with Crippen molar-refractivity contribution >= 4 is 39.9 Å². The van der Waals surface area contributed by atoms with Crippen LogP contribution in [0, 0.1) is 13.7 Å². The number of halogens is 1. The van der Waals surface area contributed by atoms with Gasteiger partial charge in [0, 0.05) is 24.8 Å². The number of nitrogens with zero attached hydrogens (tertiary/aromatic N) is 2. The number of anilines is 1. The smallest absolute Gasteiger partial charge is 0.282 e. The highest BCUT2D eigenvalue weighted by Gasteiger charge is 2.15. The lowest BCUT2D eigenvalue weighted by atomic mass is 10.2. The first kappa shape index (κ1) is 15.7. The Bertz CT molecular complexity index is 479. The lowest BCUT2D eigenvalue weighted by molar-refractivity contribution is -0.385. The first-order valence-corrected chi connectivity index (χ1v) is 7.03. The highest BCUT2D eigenvalue weighted by atomic mass is 127. The molecule has 0 radical (unpaired) electrons. The summed E-state index contributed by atoms with van der Waals surface area (Å²) in [6.07, 6.45) is 0. The molecule has 7 heteroatoms. The molecule has 0 aliphatic rings. The molecular weight excluding hydrogens is 361 g/mol. The molecule has 1 amide bonds. The van der Waals surface area contributed by atoms with Crippen molar-refractivity contribution in [2.75, 3.05) is 24.5 Å². The predicted molar refractivity (Wildman–Crippen MR) is 82.4 cm³/mol. The second-order valence-corrected chi connectivity index (χ2v) is 5.02. The van der Waals surface area contributed by atoms with Gasteiger partial charge in [-0.2, -0.15) is 0 Å². The fraction of sp³-hybridized carbons (Fsp3) is 0.417. The Hall–Kier alpha value is -1.38. The van der Waals surface area contributed by atoms with Crippen LogP contribution in [0.5, 0.6) is 0 Å². The summed E-state index contributed by atoms with van der Waals surface area (Å²) in [6, 6.07) is 4.86. The van der Waals surface area contributed by atoms with Crippen molar-refractivity contribution in [2.45, 2.75) is 13.8 Å². The van der Waals surface area contributed by atoms with E-state index in [4.69, 9.17) is 0 Å². The summed E-state index contributed by atoms with van der Waals surface area (Å²) < 4.78 is 0.564. The fourth-order valence-corrected chi connectivity index (χ4v) is 2.35. The van der Waals surface area contributed by atoms with Crippen molar-refractivity contribution in [2.24, 2.45) is 0 Å². The third-order valence-corrected chi connectivity index (χ3v) is 3.45. The maximum atomic E-state index is 11.6. The summed E-state index contributed by atoms with van der Waals surface area (Å²) in [4.78, 5) is 23.8. The quantitative estimate of drug-likeness (QED) is 0.469. The second kappa shape index (κ2) is 7.27. The highest BCUT2D eigenvalue weighted by molar-refractivity contribution is 14.1. The molecule has 0 heterocycles. The number of hydrogen-bond acceptors (Lipinski definition) is 4. The van der Waals surface area contributed by atoms with Gasteiger partial charge in [-0.3, -0.25) is 14.9 Å². The molecule has 0 aromatic heterocycles. The maximum absolute atomic E-state index is 11.6. The number of benzene rings is 1. The number of carbonyl (C=O) groups is 1. The molecule has 1 aromatic rings. The molecule has 0 atom stereocenters. The van der Waals surface area contributed by atoms with Gasteiger partial charge in [-0.05, 0) is 48.6 Å². The molecule has 0 bridgehead atoms. The van der Waals surface area contributed by atoms with E-state index in [0.717, 1.165) is 5.69 Å². The number of nitro groups is 1. The first-order chi connectivity index (χ1) is 8.99. The van der Waals surface area contributed by atoms with Gasteiger partial charge < -0.3 is 10.2 Å². The summed E-state index contributed by atoms with van der Waals surface area (Å²) in [6.45, 7) is 5.30. The van der Waals surface area contributed by atoms with Crippen LogP contribution in [0.1, 0.15) is 13.8 Å². The molecule has 0 saturated heterocycles. The standard InChI is InChI=1S/C12H16IN3O3/c1-3-14-12(17)8-15(4-2)9-5-6-11(16(18)19)10(13)7-9/h5-7H,3-4,8H2,1-2H3,(H,14,17). The molecule has 0 aliphatic carbocycles. The molecule has 1 N–H and O–H groups in total. The summed E-state index contributed by atoms with van der Waals surface area (Å²) in [5.41, 5.74) is 0.891. The van der Waals surface area contributed by atoms with Crippen molar-refractivity contribution in [1.82, 2.24) is 5.32 Å². The average molecular weight is 377 g/mol. The number of amides is 1. The van der Waals surface area contributed by atoms with Crippen LogP contribution in [-0.2, 0) is 4.79 Å². The van der Waals surface area contributed by atoms with Gasteiger partial charge in [0.25, 0.3) is 5.69 Å². The summed E-state index contributed by atoms with van der Waals surface area (Å²) >= 11 is 1.93. The van der Waals surface area contributed by atoms with Gasteiger partial charge >= 0.3 is 0 Å². The highest BCUT2D eigenvalue weighted by Crippen LogP contribution is 2.26. The number of rotatable bonds is 6. The minimum absolute atomic E-state index is 0.0577. The van der Waals surface area contributed by atoms with E-state index in [1.807, 2.05) is 41.3 Å². The topological polar surface area (TPSA) is 75.5 Å². The van der Waals surface area contributed by atoms with Crippen LogP contribution in [-0.4, -0.2) is 30.5 Å². The van der Waals surface area contributed by atoms with Crippen LogP contribution in [0.25, 0.3) is 0 Å². The third kappa shape index (κ3) is 4.34. The Morgan fingerprint density at radius 1 is 1.47 bits per heavy atom. The Morgan fingerprint density at radius 2 is 2.16 bits per heavy atom. The molecule has 0 aliphatic heterocycles. The van der Waals surface area contributed by atoms with Gasteiger partial charge in [0.1, 0.15) is 0 Å². The third-order valence-electron chi connectivity index (χ3n) is 2.58. The van der Waals surface area contributed by atoms with Crippen LogP contribution in [0.15, 0.2) is 18.2 Å². The zero-order chi connectivity index (χ0) is 14.4. The molecule has 19 heavy (non-hydrogen) atoms. The number of hydrogen-bond donors (Lipinski definition) is 1. The van der Waals surface area contributed by atoms with Crippen molar-refractivity contribution in [1.29, 1.82) is 0 Å². The normalized spacial score (nSPS) is 10.1. The summed E-state index contributed by atoms with van der Waals surface area (Å²) in [5.74, 6) is -0.0577. The summed E-state index contributed by atoms with van der Waals surface area (Å²) in [5, 5.41) is 13.5. The van der Waals surface area contributed by atoms with Crippen LogP contribution >= 0.6 is 22.6 Å². The second-order valence-electron chi connectivity index (χ2n) is 3.86. The number of nitrogens with one attached hydrogen (secondary N) is 1. The Balaban J connectivity index is 2.90. The largest absolute Gasteiger partial charge is 0.362 e. The predicted octanol–water partition coefficient (Wildman–Crippen LogP) is 2.16. The minimum Gasteiger partial charge on any atom is -0.362 e. The van der Waals surface area contributed by atoms with Crippen LogP contribution in [0.2, 0.25) is 0 Å². The molecule has 1 aromatic carbocycles. The zero-order valence-corrected chi connectivity index (χ0v) is 13.0. The maximum Gasteiger partial charge on any atom is 0.282 e. The van der Waals surface area contributed by atoms with Gasteiger partial charge in [-0.25, -0.2) is 0 Å². The van der Waals surface area contributed by atoms with Gasteiger partial charge in [0.2, 0.25) is 5.91 Å². The van der Waals surface area contributed by atoms with Gasteiger partial charge in [0.15, 0.2) is 0 Å². The van der Waals surface area contributed by atoms with E-state index < -0.39 is 4.92 Å². The first-order valence-electron chi connectivity index (χ1n) is 5.95. The molecule has 0 saturated carbocycles. The molecule has 0 fully saturated rings. The van der Waals surface area contributed by atoms with E-state index in [2.05, 4.69) is 5.32 Å². The van der Waals surface area contributed by atoms with E-state index in [1.54, 1.807) is 12.1 Å². The van der Waals surface area contributed by atoms with Crippen molar-refractivity contribution in [3.63, 3.8) is 0 Å². The zero-order valence-electron chi connectivity index (χ0n) is 10.9. The molecule has 1 rings (SSSR count). The average Bonchev–Trinajstić information content (AvgIpc) is 2.35. The minimum atomic E-state index is -0.411. The van der Waals surface area contributed by atoms with Gasteiger partial charge in [-0.1, -0.05) is 0 Å². The summed E-state index contributed by atoms with van der Waals surface area (Å²) in [7, 11) is 0. The van der Waals surface area contributed by atoms with Crippen molar-refractivity contribution < 1.29 is 9.72 Å². The van der Waals surface area contributed by atoms with Gasteiger partial charge in [-0.15, -0.1) is 0 Å². The van der Waals surface area contributed by atoms with Gasteiger partial charge in [0.05, 0.1) is 15.0 Å². The van der Waals surface area contributed by atoms with Crippen molar-refractivity contribution in [3.8, 4) is 0 Å². The SMILES string of the molecule is CCNC(=O)CN(CC)c1ccc([N+](=O)[O-])c(I)c1.